The molecule has 6 heteroatoms. The number of amides is 2. The van der Waals surface area contributed by atoms with Crippen molar-refractivity contribution in [2.45, 2.75) is 32.5 Å². The van der Waals surface area contributed by atoms with Crippen molar-refractivity contribution in [3.8, 4) is 0 Å². The van der Waals surface area contributed by atoms with Crippen LogP contribution in [0.4, 0.5) is 4.79 Å². The molecule has 2 rings (SSSR count). The number of halogens is 1. The number of nitrogens with zero attached hydrogens (tertiary/aromatic N) is 3. The van der Waals surface area contributed by atoms with Gasteiger partial charge in [0.15, 0.2) is 0 Å². The van der Waals surface area contributed by atoms with Crippen LogP contribution in [-0.2, 0) is 4.74 Å². The summed E-state index contributed by atoms with van der Waals surface area (Å²) in [5.74, 6) is 0. The van der Waals surface area contributed by atoms with Gasteiger partial charge in [-0.2, -0.15) is 0 Å². The Morgan fingerprint density at radius 3 is 2.57 bits per heavy atom. The van der Waals surface area contributed by atoms with Gasteiger partial charge in [-0.25, -0.2) is 4.79 Å². The normalized spacial score (nSPS) is 20.5. The van der Waals surface area contributed by atoms with E-state index in [2.05, 4.69) is 11.7 Å². The molecule has 2 amide bonds. The molecule has 5 nitrogen and oxygen atoms in total. The van der Waals surface area contributed by atoms with E-state index < -0.39 is 0 Å². The third-order valence-electron chi connectivity index (χ3n) is 3.83. The fourth-order valence-electron chi connectivity index (χ4n) is 2.61. The van der Waals surface area contributed by atoms with Gasteiger partial charge in [0.25, 0.3) is 0 Å². The number of hydrogen-bond acceptors (Lipinski definition) is 3. The highest BCUT2D eigenvalue weighted by molar-refractivity contribution is 6.30. The van der Waals surface area contributed by atoms with Gasteiger partial charge in [0, 0.05) is 23.8 Å². The summed E-state index contributed by atoms with van der Waals surface area (Å²) in [6.07, 6.45) is 1.41. The van der Waals surface area contributed by atoms with Gasteiger partial charge in [-0.15, -0.1) is 0 Å². The molecule has 0 spiro atoms. The number of carbonyl (C=O) groups excluding carboxylic acids is 1. The van der Waals surface area contributed by atoms with Crippen molar-refractivity contribution in [3.63, 3.8) is 0 Å². The maximum absolute atomic E-state index is 12.8. The lowest BCUT2D eigenvalue weighted by atomic mass is 10.1. The molecule has 0 radical (unpaired) electrons. The van der Waals surface area contributed by atoms with Gasteiger partial charge in [-0.3, -0.25) is 9.89 Å². The average Bonchev–Trinajstić information content (AvgIpc) is 2.78. The molecule has 0 aliphatic carbocycles. The van der Waals surface area contributed by atoms with Crippen molar-refractivity contribution in [3.05, 3.63) is 41.1 Å². The maximum Gasteiger partial charge on any atom is 0.326 e. The molecule has 1 atom stereocenters. The second-order valence-electron chi connectivity index (χ2n) is 6.17. The van der Waals surface area contributed by atoms with Gasteiger partial charge >= 0.3 is 6.03 Å². The molecular weight excluding hydrogens is 314 g/mol. The zero-order chi connectivity index (χ0) is 17.2. The molecule has 1 aromatic rings. The zero-order valence-electron chi connectivity index (χ0n) is 13.9. The van der Waals surface area contributed by atoms with Crippen molar-refractivity contribution in [2.24, 2.45) is 4.99 Å². The van der Waals surface area contributed by atoms with Gasteiger partial charge in [-0.1, -0.05) is 23.7 Å². The van der Waals surface area contributed by atoms with E-state index in [-0.39, 0.29) is 17.8 Å². The van der Waals surface area contributed by atoms with Crippen LogP contribution < -0.4 is 0 Å². The summed E-state index contributed by atoms with van der Waals surface area (Å²) in [6, 6.07) is 7.09. The van der Waals surface area contributed by atoms with Crippen molar-refractivity contribution in [1.29, 1.82) is 0 Å². The van der Waals surface area contributed by atoms with Crippen molar-refractivity contribution >= 4 is 30.0 Å². The van der Waals surface area contributed by atoms with Gasteiger partial charge in [-0.05, 0) is 39.6 Å². The lowest BCUT2D eigenvalue weighted by molar-refractivity contribution is 0.0542. The molecule has 1 saturated heterocycles. The Hall–Kier alpha value is -1.85. The summed E-state index contributed by atoms with van der Waals surface area (Å²) in [4.78, 5) is 20.0. The molecule has 1 unspecified atom stereocenters. The van der Waals surface area contributed by atoms with Crippen LogP contribution in [0.2, 0.25) is 5.02 Å². The number of carbonyl (C=O) groups is 1. The summed E-state index contributed by atoms with van der Waals surface area (Å²) in [7, 11) is 1.70. The Balaban J connectivity index is 2.24. The van der Waals surface area contributed by atoms with Gasteiger partial charge < -0.3 is 9.64 Å². The zero-order valence-corrected chi connectivity index (χ0v) is 14.7. The predicted molar refractivity (Wildman–Crippen MR) is 93.5 cm³/mol. The van der Waals surface area contributed by atoms with E-state index in [1.54, 1.807) is 30.3 Å². The molecule has 0 saturated carbocycles. The Kier molecular flexibility index (Phi) is 5.12. The monoisotopic (exact) mass is 335 g/mol. The van der Waals surface area contributed by atoms with Crippen LogP contribution in [0.3, 0.4) is 0 Å². The topological polar surface area (TPSA) is 45.1 Å². The molecule has 23 heavy (non-hydrogen) atoms. The molecule has 0 bridgehead atoms. The first-order valence-electron chi connectivity index (χ1n) is 7.38. The number of aliphatic imine (C=N–C) groups is 1. The van der Waals surface area contributed by atoms with Crippen LogP contribution in [0.15, 0.2) is 35.5 Å². The fraction of sp³-hybridized carbons (Fsp3) is 0.412. The minimum Gasteiger partial charge on any atom is -0.356 e. The second kappa shape index (κ2) is 6.72. The summed E-state index contributed by atoms with van der Waals surface area (Å²) >= 11 is 5.90. The van der Waals surface area contributed by atoms with E-state index in [0.717, 1.165) is 5.56 Å². The SMILES string of the molecule is C=NC(=CN(C)C(=O)N1C(C)OCC1(C)C)c1ccc(Cl)cc1. The number of urea groups is 1. The summed E-state index contributed by atoms with van der Waals surface area (Å²) in [5.41, 5.74) is 1.10. The van der Waals surface area contributed by atoms with E-state index in [9.17, 15) is 4.79 Å². The first-order valence-corrected chi connectivity index (χ1v) is 7.76. The standard InChI is InChI=1S/C17H22ClN3O2/c1-12-21(17(2,3)11-23-12)16(22)20(5)10-15(19-4)13-6-8-14(18)9-7-13/h6-10,12H,4,11H2,1-3,5H3. The highest BCUT2D eigenvalue weighted by atomic mass is 35.5. The summed E-state index contributed by atoms with van der Waals surface area (Å²) in [5, 5.41) is 0.645. The first-order chi connectivity index (χ1) is 10.8. The minimum atomic E-state index is -0.347. The fourth-order valence-corrected chi connectivity index (χ4v) is 2.74. The van der Waals surface area contributed by atoms with E-state index in [1.807, 2.05) is 32.9 Å². The Morgan fingerprint density at radius 1 is 1.48 bits per heavy atom. The van der Waals surface area contributed by atoms with Crippen molar-refractivity contribution < 1.29 is 9.53 Å². The van der Waals surface area contributed by atoms with Crippen LogP contribution in [0.25, 0.3) is 5.70 Å². The third-order valence-corrected chi connectivity index (χ3v) is 4.08. The Labute approximate surface area is 142 Å². The molecule has 1 aromatic carbocycles. The Morgan fingerprint density at radius 2 is 2.09 bits per heavy atom. The summed E-state index contributed by atoms with van der Waals surface area (Å²) in [6.45, 7) is 9.94. The maximum atomic E-state index is 12.8. The minimum absolute atomic E-state index is 0.143. The van der Waals surface area contributed by atoms with E-state index >= 15 is 0 Å². The first kappa shape index (κ1) is 17.5. The van der Waals surface area contributed by atoms with Crippen LogP contribution in [0, 0.1) is 0 Å². The quantitative estimate of drug-likeness (QED) is 0.788. The Bertz CT molecular complexity index is 625. The molecule has 0 N–H and O–H groups in total. The molecule has 1 fully saturated rings. The summed E-state index contributed by atoms with van der Waals surface area (Å²) < 4.78 is 5.59. The van der Waals surface area contributed by atoms with Crippen molar-refractivity contribution in [1.82, 2.24) is 9.80 Å². The highest BCUT2D eigenvalue weighted by Crippen LogP contribution is 2.28. The van der Waals surface area contributed by atoms with Gasteiger partial charge in [0.2, 0.25) is 0 Å². The van der Waals surface area contributed by atoms with E-state index in [0.29, 0.717) is 17.3 Å². The highest BCUT2D eigenvalue weighted by Gasteiger charge is 2.42. The molecule has 1 aliphatic rings. The number of ether oxygens (including phenoxy) is 1. The number of hydrogen-bond donors (Lipinski definition) is 0. The molecule has 124 valence electrons. The number of rotatable bonds is 3. The average molecular weight is 336 g/mol. The second-order valence-corrected chi connectivity index (χ2v) is 6.60. The van der Waals surface area contributed by atoms with Crippen LogP contribution in [-0.4, -0.2) is 48.0 Å². The van der Waals surface area contributed by atoms with Gasteiger partial charge in [0.1, 0.15) is 6.23 Å². The predicted octanol–water partition coefficient (Wildman–Crippen LogP) is 3.85. The van der Waals surface area contributed by atoms with Crippen LogP contribution >= 0.6 is 11.6 Å². The van der Waals surface area contributed by atoms with E-state index in [4.69, 9.17) is 16.3 Å². The van der Waals surface area contributed by atoms with Crippen LogP contribution in [0.1, 0.15) is 26.3 Å². The molecule has 1 heterocycles. The largest absolute Gasteiger partial charge is 0.356 e. The smallest absolute Gasteiger partial charge is 0.326 e. The van der Waals surface area contributed by atoms with Gasteiger partial charge in [0.05, 0.1) is 17.8 Å². The number of benzene rings is 1. The third kappa shape index (κ3) is 3.74. The van der Waals surface area contributed by atoms with Crippen LogP contribution in [0.5, 0.6) is 0 Å². The lowest BCUT2D eigenvalue weighted by Gasteiger charge is -2.34. The molecule has 1 aliphatic heterocycles. The van der Waals surface area contributed by atoms with Crippen molar-refractivity contribution in [2.75, 3.05) is 13.7 Å². The molecular formula is C17H22ClN3O2. The molecule has 0 aromatic heterocycles. The van der Waals surface area contributed by atoms with E-state index in [1.165, 1.54) is 4.90 Å². The lowest BCUT2D eigenvalue weighted by Crippen LogP contribution is -2.51.